The summed E-state index contributed by atoms with van der Waals surface area (Å²) in [6.45, 7) is 2.99. The van der Waals surface area contributed by atoms with Crippen LogP contribution in [0.1, 0.15) is 30.4 Å². The molecule has 3 heterocycles. The third-order valence-corrected chi connectivity index (χ3v) is 7.33. The van der Waals surface area contributed by atoms with Crippen molar-refractivity contribution in [1.29, 1.82) is 0 Å². The topological polar surface area (TPSA) is 76.2 Å². The molecular formula is C26H23N5O2S2. The molecule has 9 heteroatoms. The molecule has 7 nitrogen and oxygen atoms in total. The zero-order valence-electron chi connectivity index (χ0n) is 18.9. The van der Waals surface area contributed by atoms with Crippen LogP contribution in [0.3, 0.4) is 0 Å². The van der Waals surface area contributed by atoms with Gasteiger partial charge in [-0.05, 0) is 79.8 Å². The summed E-state index contributed by atoms with van der Waals surface area (Å²) in [5.41, 5.74) is 3.18. The maximum Gasteiger partial charge on any atom is 0.269 e. The number of nitro benzene ring substituents is 1. The summed E-state index contributed by atoms with van der Waals surface area (Å²) in [5, 5.41) is 15.1. The Balaban J connectivity index is 1.45. The van der Waals surface area contributed by atoms with Crippen LogP contribution >= 0.6 is 24.0 Å². The van der Waals surface area contributed by atoms with Gasteiger partial charge in [0, 0.05) is 52.2 Å². The molecule has 1 aliphatic heterocycles. The van der Waals surface area contributed by atoms with Gasteiger partial charge in [-0.3, -0.25) is 15.1 Å². The second kappa shape index (κ2) is 9.89. The molecule has 0 aliphatic carbocycles. The van der Waals surface area contributed by atoms with E-state index in [0.29, 0.717) is 5.11 Å². The fourth-order valence-electron chi connectivity index (χ4n) is 4.36. The van der Waals surface area contributed by atoms with Gasteiger partial charge in [0.2, 0.25) is 0 Å². The Labute approximate surface area is 213 Å². The Bertz CT molecular complexity index is 1340. The summed E-state index contributed by atoms with van der Waals surface area (Å²) in [4.78, 5) is 19.3. The lowest BCUT2D eigenvalue weighted by molar-refractivity contribution is -0.384. The van der Waals surface area contributed by atoms with E-state index in [-0.39, 0.29) is 22.7 Å². The Hall–Kier alpha value is -3.69. The van der Waals surface area contributed by atoms with Gasteiger partial charge < -0.3 is 14.8 Å². The third-order valence-electron chi connectivity index (χ3n) is 6.00. The first kappa shape index (κ1) is 23.1. The smallest absolute Gasteiger partial charge is 0.269 e. The van der Waals surface area contributed by atoms with Crippen molar-refractivity contribution in [2.75, 3.05) is 4.90 Å². The number of thiocarbonyl (C=S) groups is 1. The predicted molar refractivity (Wildman–Crippen MR) is 142 cm³/mol. The van der Waals surface area contributed by atoms with Crippen molar-refractivity contribution in [2.45, 2.75) is 35.3 Å². The minimum Gasteiger partial charge on any atom is -0.351 e. The van der Waals surface area contributed by atoms with Crippen LogP contribution < -0.4 is 10.2 Å². The van der Waals surface area contributed by atoms with Crippen molar-refractivity contribution in [3.8, 4) is 0 Å². The van der Waals surface area contributed by atoms with Crippen LogP contribution in [0.25, 0.3) is 0 Å². The van der Waals surface area contributed by atoms with E-state index in [0.717, 1.165) is 27.7 Å². The fourth-order valence-corrected chi connectivity index (χ4v) is 5.53. The van der Waals surface area contributed by atoms with E-state index in [1.807, 2.05) is 36.5 Å². The number of hydrogen-bond acceptors (Lipinski definition) is 5. The van der Waals surface area contributed by atoms with Gasteiger partial charge in [-0.2, -0.15) is 0 Å². The number of anilines is 1. The molecule has 0 radical (unpaired) electrons. The van der Waals surface area contributed by atoms with E-state index < -0.39 is 0 Å². The van der Waals surface area contributed by atoms with E-state index in [4.69, 9.17) is 12.2 Å². The van der Waals surface area contributed by atoms with Crippen LogP contribution in [0.5, 0.6) is 0 Å². The number of non-ortho nitro benzene ring substituents is 1. The Morgan fingerprint density at radius 1 is 1.03 bits per heavy atom. The van der Waals surface area contributed by atoms with Gasteiger partial charge in [0.15, 0.2) is 5.11 Å². The number of pyridine rings is 1. The van der Waals surface area contributed by atoms with Gasteiger partial charge in [0.25, 0.3) is 5.69 Å². The molecular weight excluding hydrogens is 478 g/mol. The molecule has 1 fully saturated rings. The lowest BCUT2D eigenvalue weighted by atomic mass is 10.0. The van der Waals surface area contributed by atoms with Crippen molar-refractivity contribution in [3.63, 3.8) is 0 Å². The molecule has 1 saturated heterocycles. The lowest BCUT2D eigenvalue weighted by Crippen LogP contribution is -2.30. The van der Waals surface area contributed by atoms with Crippen molar-refractivity contribution in [3.05, 3.63) is 113 Å². The molecule has 2 aromatic heterocycles. The number of benzene rings is 2. The van der Waals surface area contributed by atoms with Gasteiger partial charge in [-0.1, -0.05) is 17.8 Å². The zero-order chi connectivity index (χ0) is 24.4. The number of nitro groups is 1. The Morgan fingerprint density at radius 2 is 1.74 bits per heavy atom. The minimum atomic E-state index is -0.389. The number of aryl methyl sites for hydroxylation is 1. The number of hydrogen-bond donors (Lipinski definition) is 1. The molecule has 176 valence electrons. The summed E-state index contributed by atoms with van der Waals surface area (Å²) in [5.74, 6) is 0. The van der Waals surface area contributed by atoms with Crippen molar-refractivity contribution in [1.82, 2.24) is 14.9 Å². The maximum atomic E-state index is 10.9. The molecule has 0 spiro atoms. The first-order valence-corrected chi connectivity index (χ1v) is 12.5. The second-order valence-electron chi connectivity index (χ2n) is 8.06. The van der Waals surface area contributed by atoms with Crippen LogP contribution in [0.2, 0.25) is 0 Å². The standard InChI is InChI=1S/C26H23N5O2S2/c1-2-29-17-5-7-23(29)25-24(22-6-3-4-16-27-22)28-26(34)30(25)18-8-12-20(13-9-18)35-21-14-10-19(11-15-21)31(32)33/h3-17,24-25H,2H2,1H3,(H,28,34)/t24-,25-/m0/s1. The van der Waals surface area contributed by atoms with Crippen LogP contribution in [0, 0.1) is 10.1 Å². The first-order chi connectivity index (χ1) is 17.0. The molecule has 5 rings (SSSR count). The summed E-state index contributed by atoms with van der Waals surface area (Å²) in [6, 6.07) is 24.8. The highest BCUT2D eigenvalue weighted by Gasteiger charge is 2.41. The minimum absolute atomic E-state index is 0.0551. The molecule has 2 atom stereocenters. The molecule has 1 N–H and O–H groups in total. The average Bonchev–Trinajstić information content (AvgIpc) is 3.49. The zero-order valence-corrected chi connectivity index (χ0v) is 20.6. The van der Waals surface area contributed by atoms with Crippen LogP contribution in [-0.4, -0.2) is 19.6 Å². The normalized spacial score (nSPS) is 17.4. The van der Waals surface area contributed by atoms with Gasteiger partial charge in [-0.15, -0.1) is 0 Å². The number of rotatable bonds is 7. The van der Waals surface area contributed by atoms with Crippen molar-refractivity contribution in [2.24, 2.45) is 0 Å². The van der Waals surface area contributed by atoms with Gasteiger partial charge in [0.05, 0.1) is 16.7 Å². The fraction of sp³-hybridized carbons (Fsp3) is 0.154. The van der Waals surface area contributed by atoms with Gasteiger partial charge in [0.1, 0.15) is 6.04 Å². The summed E-state index contributed by atoms with van der Waals surface area (Å²) >= 11 is 7.38. The highest BCUT2D eigenvalue weighted by molar-refractivity contribution is 7.99. The van der Waals surface area contributed by atoms with Crippen LogP contribution in [0.4, 0.5) is 11.4 Å². The van der Waals surface area contributed by atoms with Gasteiger partial charge in [-0.25, -0.2) is 0 Å². The third kappa shape index (κ3) is 4.65. The van der Waals surface area contributed by atoms with Gasteiger partial charge >= 0.3 is 0 Å². The molecule has 0 saturated carbocycles. The SMILES string of the molecule is CCn1cccc1[C@H]1[C@H](c2ccccn2)NC(=S)N1c1ccc(Sc2ccc([N+](=O)[O-])cc2)cc1. The Morgan fingerprint density at radius 3 is 2.37 bits per heavy atom. The average molecular weight is 502 g/mol. The van der Waals surface area contributed by atoms with Crippen molar-refractivity contribution >= 4 is 40.5 Å². The first-order valence-electron chi connectivity index (χ1n) is 11.2. The van der Waals surface area contributed by atoms with E-state index in [2.05, 4.69) is 57.2 Å². The summed E-state index contributed by atoms with van der Waals surface area (Å²) < 4.78 is 2.24. The molecule has 1 aliphatic rings. The van der Waals surface area contributed by atoms with Crippen LogP contribution in [-0.2, 0) is 6.54 Å². The van der Waals surface area contributed by atoms with E-state index in [1.54, 1.807) is 23.9 Å². The molecule has 35 heavy (non-hydrogen) atoms. The van der Waals surface area contributed by atoms with E-state index >= 15 is 0 Å². The summed E-state index contributed by atoms with van der Waals surface area (Å²) in [7, 11) is 0. The number of nitrogens with zero attached hydrogens (tertiary/aromatic N) is 4. The monoisotopic (exact) mass is 501 g/mol. The predicted octanol–water partition coefficient (Wildman–Crippen LogP) is 6.14. The molecule has 4 aromatic rings. The highest BCUT2D eigenvalue weighted by Crippen LogP contribution is 2.42. The Kier molecular flexibility index (Phi) is 6.52. The molecule has 0 amide bonds. The van der Waals surface area contributed by atoms with E-state index in [9.17, 15) is 10.1 Å². The molecule has 2 aromatic carbocycles. The molecule has 0 unspecified atom stereocenters. The molecule has 0 bridgehead atoms. The van der Waals surface area contributed by atoms with Crippen molar-refractivity contribution < 1.29 is 4.92 Å². The second-order valence-corrected chi connectivity index (χ2v) is 9.60. The number of nitrogens with one attached hydrogen (secondary N) is 1. The lowest BCUT2D eigenvalue weighted by Gasteiger charge is -2.29. The largest absolute Gasteiger partial charge is 0.351 e. The summed E-state index contributed by atoms with van der Waals surface area (Å²) in [6.07, 6.45) is 3.90. The highest BCUT2D eigenvalue weighted by atomic mass is 32.2. The van der Waals surface area contributed by atoms with Crippen LogP contribution in [0.15, 0.2) is 101 Å². The number of aromatic nitrogens is 2. The maximum absolute atomic E-state index is 10.9. The van der Waals surface area contributed by atoms with E-state index in [1.165, 1.54) is 17.8 Å². The quantitative estimate of drug-likeness (QED) is 0.185.